The number of anilines is 2. The molecule has 9 nitrogen and oxygen atoms in total. The fourth-order valence-electron chi connectivity index (χ4n) is 3.60. The molecular weight excluding hydrogens is 413 g/mol. The number of hydrogen-bond donors (Lipinski definition) is 1. The smallest absolute Gasteiger partial charge is 0.278 e. The number of fused-ring (bicyclic) bond motifs is 1. The number of rotatable bonds is 4. The maximum absolute atomic E-state index is 13.8. The van der Waals surface area contributed by atoms with Crippen molar-refractivity contribution in [3.63, 3.8) is 0 Å². The molecule has 0 spiro atoms. The van der Waals surface area contributed by atoms with Gasteiger partial charge in [0.1, 0.15) is 17.3 Å². The Morgan fingerprint density at radius 3 is 2.75 bits per heavy atom. The molecule has 160 valence electrons. The van der Waals surface area contributed by atoms with Gasteiger partial charge in [0.25, 0.3) is 5.91 Å². The van der Waals surface area contributed by atoms with E-state index in [9.17, 15) is 9.18 Å². The highest BCUT2D eigenvalue weighted by Crippen LogP contribution is 2.30. The van der Waals surface area contributed by atoms with Gasteiger partial charge < -0.3 is 10.2 Å². The van der Waals surface area contributed by atoms with Gasteiger partial charge in [0.15, 0.2) is 11.5 Å². The van der Waals surface area contributed by atoms with E-state index in [1.807, 2.05) is 12.1 Å². The molecule has 10 heteroatoms. The van der Waals surface area contributed by atoms with Gasteiger partial charge in [-0.25, -0.2) is 19.0 Å². The molecule has 5 rings (SSSR count). The van der Waals surface area contributed by atoms with Crippen LogP contribution in [0.1, 0.15) is 27.4 Å². The molecule has 0 fully saturated rings. The molecule has 0 unspecified atom stereocenters. The van der Waals surface area contributed by atoms with Gasteiger partial charge in [0, 0.05) is 42.2 Å². The van der Waals surface area contributed by atoms with E-state index in [0.29, 0.717) is 36.0 Å². The van der Waals surface area contributed by atoms with Crippen molar-refractivity contribution in [1.82, 2.24) is 30.2 Å². The molecule has 4 aromatic rings. The molecule has 1 aromatic carbocycles. The van der Waals surface area contributed by atoms with E-state index in [1.165, 1.54) is 12.1 Å². The quantitative estimate of drug-likeness (QED) is 0.524. The third kappa shape index (κ3) is 3.78. The zero-order chi connectivity index (χ0) is 22.1. The largest absolute Gasteiger partial charge is 0.340 e. The van der Waals surface area contributed by atoms with E-state index in [2.05, 4.69) is 25.2 Å². The van der Waals surface area contributed by atoms with Crippen molar-refractivity contribution in [2.24, 2.45) is 0 Å². The zero-order valence-electron chi connectivity index (χ0n) is 17.1. The second-order valence-electron chi connectivity index (χ2n) is 7.37. The Kier molecular flexibility index (Phi) is 5.02. The van der Waals surface area contributed by atoms with E-state index in [4.69, 9.17) is 9.97 Å². The molecule has 0 atom stereocenters. The van der Waals surface area contributed by atoms with Crippen molar-refractivity contribution in [2.45, 2.75) is 19.9 Å². The number of aryl methyl sites for hydroxylation is 1. The van der Waals surface area contributed by atoms with Crippen LogP contribution in [0.2, 0.25) is 0 Å². The minimum atomic E-state index is -0.363. The Morgan fingerprint density at radius 1 is 1.16 bits per heavy atom. The Hall–Kier alpha value is -4.21. The van der Waals surface area contributed by atoms with Crippen LogP contribution in [0.15, 0.2) is 53.4 Å². The molecule has 32 heavy (non-hydrogen) atoms. The normalized spacial score (nSPS) is 13.0. The van der Waals surface area contributed by atoms with Gasteiger partial charge in [-0.1, -0.05) is 11.2 Å². The Bertz CT molecular complexity index is 1290. The fraction of sp³-hybridized carbons (Fsp3) is 0.182. The molecule has 1 aliphatic rings. The maximum atomic E-state index is 13.8. The summed E-state index contributed by atoms with van der Waals surface area (Å²) in [5, 5.41) is 10.6. The lowest BCUT2D eigenvalue weighted by Gasteiger charge is -2.29. The number of benzene rings is 1. The minimum absolute atomic E-state index is 0.183. The highest BCUT2D eigenvalue weighted by atomic mass is 19.1. The van der Waals surface area contributed by atoms with Gasteiger partial charge >= 0.3 is 0 Å². The van der Waals surface area contributed by atoms with Crippen molar-refractivity contribution in [3.8, 4) is 11.4 Å². The summed E-state index contributed by atoms with van der Waals surface area (Å²) in [5.41, 5.74) is 3.57. The number of aromatic nitrogens is 5. The van der Waals surface area contributed by atoms with Crippen molar-refractivity contribution >= 4 is 17.4 Å². The number of carbonyl (C=O) groups excluding carboxylic acids is 1. The van der Waals surface area contributed by atoms with Gasteiger partial charge in [-0.2, -0.15) is 0 Å². The number of pyridine rings is 1. The first-order chi connectivity index (χ1) is 15.6. The number of halogens is 1. The summed E-state index contributed by atoms with van der Waals surface area (Å²) in [5.74, 6) is 0.406. The molecule has 1 N–H and O–H groups in total. The van der Waals surface area contributed by atoms with Gasteiger partial charge in [0.05, 0.1) is 12.2 Å². The van der Waals surface area contributed by atoms with Crippen molar-refractivity contribution < 1.29 is 13.8 Å². The monoisotopic (exact) mass is 431 g/mol. The summed E-state index contributed by atoms with van der Waals surface area (Å²) in [6.07, 6.45) is 3.88. The van der Waals surface area contributed by atoms with Crippen LogP contribution in [0.25, 0.3) is 11.4 Å². The predicted molar refractivity (Wildman–Crippen MR) is 112 cm³/mol. The molecule has 0 saturated carbocycles. The first kappa shape index (κ1) is 19.7. The Balaban J connectivity index is 1.54. The van der Waals surface area contributed by atoms with Crippen LogP contribution in [-0.2, 0) is 13.0 Å². The van der Waals surface area contributed by atoms with Crippen LogP contribution in [0.5, 0.6) is 0 Å². The van der Waals surface area contributed by atoms with Crippen LogP contribution < -0.4 is 5.32 Å². The Morgan fingerprint density at radius 2 is 2.00 bits per heavy atom. The Labute approximate surface area is 182 Å². The van der Waals surface area contributed by atoms with Crippen LogP contribution in [-0.4, -0.2) is 42.6 Å². The summed E-state index contributed by atoms with van der Waals surface area (Å²) in [7, 11) is 0. The van der Waals surface area contributed by atoms with Crippen molar-refractivity contribution in [2.75, 3.05) is 11.9 Å². The number of amides is 1. The molecule has 0 aliphatic carbocycles. The summed E-state index contributed by atoms with van der Waals surface area (Å²) in [6, 6.07) is 9.78. The van der Waals surface area contributed by atoms with Crippen LogP contribution in [0.4, 0.5) is 15.9 Å². The lowest BCUT2D eigenvalue weighted by atomic mass is 10.0. The zero-order valence-corrected chi connectivity index (χ0v) is 17.1. The fourth-order valence-corrected chi connectivity index (χ4v) is 3.60. The summed E-state index contributed by atoms with van der Waals surface area (Å²) in [6.45, 7) is 2.40. The lowest BCUT2D eigenvalue weighted by Crippen LogP contribution is -2.37. The summed E-state index contributed by atoms with van der Waals surface area (Å²) >= 11 is 0. The number of nitrogens with zero attached hydrogens (tertiary/aromatic N) is 6. The molecule has 0 radical (unpaired) electrons. The second-order valence-corrected chi connectivity index (χ2v) is 7.37. The predicted octanol–water partition coefficient (Wildman–Crippen LogP) is 3.31. The average molecular weight is 431 g/mol. The minimum Gasteiger partial charge on any atom is -0.340 e. The molecule has 1 amide bonds. The SMILES string of the molecule is Cc1nonc1C(=O)N1CCc2nc(-c3ccncc3)nc(Nc3cccc(F)c3)c2C1. The van der Waals surface area contributed by atoms with E-state index >= 15 is 0 Å². The van der Waals surface area contributed by atoms with Crippen LogP contribution >= 0.6 is 0 Å². The molecule has 4 heterocycles. The highest BCUT2D eigenvalue weighted by Gasteiger charge is 2.29. The summed E-state index contributed by atoms with van der Waals surface area (Å²) in [4.78, 5) is 28.1. The van der Waals surface area contributed by atoms with E-state index in [1.54, 1.807) is 36.4 Å². The van der Waals surface area contributed by atoms with Crippen molar-refractivity contribution in [1.29, 1.82) is 0 Å². The van der Waals surface area contributed by atoms with Crippen LogP contribution in [0, 0.1) is 12.7 Å². The number of nitrogens with one attached hydrogen (secondary N) is 1. The molecule has 0 saturated heterocycles. The second kappa shape index (κ2) is 8.14. The first-order valence-corrected chi connectivity index (χ1v) is 9.99. The first-order valence-electron chi connectivity index (χ1n) is 9.99. The van der Waals surface area contributed by atoms with E-state index in [0.717, 1.165) is 16.8 Å². The van der Waals surface area contributed by atoms with Crippen LogP contribution in [0.3, 0.4) is 0 Å². The highest BCUT2D eigenvalue weighted by molar-refractivity contribution is 5.93. The molecular formula is C22H18FN7O2. The van der Waals surface area contributed by atoms with Gasteiger partial charge in [-0.05, 0) is 42.4 Å². The standard InChI is InChI=1S/C22H18FN7O2/c1-13-19(29-32-28-13)22(31)30-10-7-18-17(12-30)21(25-16-4-2-3-15(23)11-16)27-20(26-18)14-5-8-24-9-6-14/h2-6,8-9,11H,7,10,12H2,1H3,(H,25,26,27). The van der Waals surface area contributed by atoms with Gasteiger partial charge in [-0.3, -0.25) is 9.78 Å². The topological polar surface area (TPSA) is 110 Å². The van der Waals surface area contributed by atoms with Gasteiger partial charge in [-0.15, -0.1) is 0 Å². The summed E-state index contributed by atoms with van der Waals surface area (Å²) < 4.78 is 18.4. The molecule has 1 aliphatic heterocycles. The third-order valence-corrected chi connectivity index (χ3v) is 5.23. The van der Waals surface area contributed by atoms with Crippen molar-refractivity contribution in [3.05, 3.63) is 77.3 Å². The van der Waals surface area contributed by atoms with E-state index in [-0.39, 0.29) is 24.0 Å². The molecule has 0 bridgehead atoms. The third-order valence-electron chi connectivity index (χ3n) is 5.23. The molecule has 3 aromatic heterocycles. The van der Waals surface area contributed by atoms with E-state index < -0.39 is 0 Å². The van der Waals surface area contributed by atoms with Gasteiger partial charge in [0.2, 0.25) is 0 Å². The average Bonchev–Trinajstić information content (AvgIpc) is 3.24. The number of carbonyl (C=O) groups is 1. The lowest BCUT2D eigenvalue weighted by molar-refractivity contribution is 0.0722. The maximum Gasteiger partial charge on any atom is 0.278 e. The number of hydrogen-bond acceptors (Lipinski definition) is 8.